The Labute approximate surface area is 171 Å². The van der Waals surface area contributed by atoms with Crippen molar-refractivity contribution >= 4 is 5.91 Å². The van der Waals surface area contributed by atoms with Crippen LogP contribution in [-0.2, 0) is 17.8 Å². The highest BCUT2D eigenvalue weighted by Gasteiger charge is 2.21. The molecule has 0 N–H and O–H groups in total. The highest BCUT2D eigenvalue weighted by atomic mass is 16.4. The van der Waals surface area contributed by atoms with Gasteiger partial charge in [0.25, 0.3) is 0 Å². The zero-order chi connectivity index (χ0) is 20.1. The Kier molecular flexibility index (Phi) is 6.00. The highest BCUT2D eigenvalue weighted by Crippen LogP contribution is 2.22. The van der Waals surface area contributed by atoms with Crippen molar-refractivity contribution in [2.24, 2.45) is 0 Å². The molecule has 3 aromatic rings. The van der Waals surface area contributed by atoms with Crippen LogP contribution in [0.15, 0.2) is 59.0 Å². The monoisotopic (exact) mass is 390 g/mol. The van der Waals surface area contributed by atoms with Crippen LogP contribution in [0.3, 0.4) is 0 Å². The Morgan fingerprint density at radius 2 is 1.69 bits per heavy atom. The van der Waals surface area contributed by atoms with Crippen LogP contribution in [0.2, 0.25) is 0 Å². The van der Waals surface area contributed by atoms with E-state index in [-0.39, 0.29) is 5.91 Å². The topological polar surface area (TPSA) is 62.5 Å². The van der Waals surface area contributed by atoms with Crippen molar-refractivity contribution in [2.75, 3.05) is 26.2 Å². The van der Waals surface area contributed by atoms with Gasteiger partial charge in [0.2, 0.25) is 17.7 Å². The third kappa shape index (κ3) is 4.90. The summed E-state index contributed by atoms with van der Waals surface area (Å²) in [7, 11) is 0. The molecule has 6 heteroatoms. The van der Waals surface area contributed by atoms with Gasteiger partial charge in [0.05, 0.1) is 0 Å². The number of rotatable bonds is 6. The molecule has 0 bridgehead atoms. The summed E-state index contributed by atoms with van der Waals surface area (Å²) in [5.41, 5.74) is 3.34. The highest BCUT2D eigenvalue weighted by molar-refractivity contribution is 5.76. The number of carbonyl (C=O) groups excluding carboxylic acids is 1. The number of carbonyl (C=O) groups is 1. The van der Waals surface area contributed by atoms with Gasteiger partial charge in [0.15, 0.2) is 0 Å². The van der Waals surface area contributed by atoms with Crippen molar-refractivity contribution in [2.45, 2.75) is 26.3 Å². The van der Waals surface area contributed by atoms with E-state index in [2.05, 4.69) is 39.4 Å². The molecule has 6 nitrogen and oxygen atoms in total. The van der Waals surface area contributed by atoms with E-state index >= 15 is 0 Å². The minimum atomic E-state index is 0.153. The van der Waals surface area contributed by atoms with Crippen LogP contribution in [0.1, 0.15) is 23.4 Å². The van der Waals surface area contributed by atoms with Gasteiger partial charge in [-0.1, -0.05) is 48.5 Å². The average molecular weight is 390 g/mol. The fraction of sp³-hybridized carbons (Fsp3) is 0.348. The predicted molar refractivity (Wildman–Crippen MR) is 111 cm³/mol. The number of aryl methyl sites for hydroxylation is 2. The number of piperazine rings is 1. The molecule has 29 heavy (non-hydrogen) atoms. The summed E-state index contributed by atoms with van der Waals surface area (Å²) in [6, 6.07) is 18.4. The molecule has 4 rings (SSSR count). The Balaban J connectivity index is 1.25. The van der Waals surface area contributed by atoms with E-state index in [1.54, 1.807) is 0 Å². The van der Waals surface area contributed by atoms with Crippen molar-refractivity contribution in [1.82, 2.24) is 20.0 Å². The molecule has 1 saturated heterocycles. The molecule has 1 fully saturated rings. The number of hydrogen-bond acceptors (Lipinski definition) is 5. The lowest BCUT2D eigenvalue weighted by atomic mass is 10.1. The van der Waals surface area contributed by atoms with E-state index in [0.717, 1.165) is 43.9 Å². The number of nitrogens with zero attached hydrogens (tertiary/aromatic N) is 4. The second kappa shape index (κ2) is 9.01. The van der Waals surface area contributed by atoms with Crippen molar-refractivity contribution < 1.29 is 9.21 Å². The zero-order valence-electron chi connectivity index (χ0n) is 16.8. The van der Waals surface area contributed by atoms with Crippen molar-refractivity contribution in [3.05, 3.63) is 71.6 Å². The molecule has 0 spiro atoms. The SMILES string of the molecule is Cc1ccccc1-c1nnc(CCC(=O)N2CCN(Cc3ccccc3)CC2)o1. The molecule has 2 heterocycles. The van der Waals surface area contributed by atoms with E-state index in [4.69, 9.17) is 4.42 Å². The number of hydrogen-bond donors (Lipinski definition) is 0. The molecule has 150 valence electrons. The second-order valence-corrected chi connectivity index (χ2v) is 7.46. The molecule has 1 aliphatic rings. The number of benzene rings is 2. The van der Waals surface area contributed by atoms with Crippen LogP contribution in [0.4, 0.5) is 0 Å². The second-order valence-electron chi connectivity index (χ2n) is 7.46. The summed E-state index contributed by atoms with van der Waals surface area (Å²) in [6.07, 6.45) is 0.871. The quantitative estimate of drug-likeness (QED) is 0.646. The Morgan fingerprint density at radius 3 is 2.45 bits per heavy atom. The van der Waals surface area contributed by atoms with Crippen LogP contribution < -0.4 is 0 Å². The van der Waals surface area contributed by atoms with E-state index in [1.807, 2.05) is 42.2 Å². The lowest BCUT2D eigenvalue weighted by Crippen LogP contribution is -2.48. The van der Waals surface area contributed by atoms with Gasteiger partial charge in [-0.05, 0) is 24.1 Å². The summed E-state index contributed by atoms with van der Waals surface area (Å²) >= 11 is 0. The van der Waals surface area contributed by atoms with Gasteiger partial charge in [-0.15, -0.1) is 10.2 Å². The average Bonchev–Trinajstić information content (AvgIpc) is 3.22. The third-order valence-corrected chi connectivity index (χ3v) is 5.37. The Hall–Kier alpha value is -2.99. The molecule has 1 amide bonds. The van der Waals surface area contributed by atoms with E-state index in [9.17, 15) is 4.79 Å². The minimum Gasteiger partial charge on any atom is -0.421 e. The largest absolute Gasteiger partial charge is 0.421 e. The van der Waals surface area contributed by atoms with Gasteiger partial charge < -0.3 is 9.32 Å². The molecular weight excluding hydrogens is 364 g/mol. The summed E-state index contributed by atoms with van der Waals surface area (Å²) in [5, 5.41) is 8.25. The van der Waals surface area contributed by atoms with Gasteiger partial charge in [-0.25, -0.2) is 0 Å². The standard InChI is InChI=1S/C23H26N4O2/c1-18-7-5-6-10-20(18)23-25-24-21(29-23)11-12-22(28)27-15-13-26(14-16-27)17-19-8-3-2-4-9-19/h2-10H,11-17H2,1H3. The van der Waals surface area contributed by atoms with E-state index < -0.39 is 0 Å². The molecule has 1 aromatic heterocycles. The molecule has 0 unspecified atom stereocenters. The normalized spacial score (nSPS) is 14.9. The van der Waals surface area contributed by atoms with E-state index in [0.29, 0.717) is 24.6 Å². The fourth-order valence-corrected chi connectivity index (χ4v) is 3.65. The first-order valence-electron chi connectivity index (χ1n) is 10.1. The smallest absolute Gasteiger partial charge is 0.247 e. The van der Waals surface area contributed by atoms with Crippen LogP contribution >= 0.6 is 0 Å². The number of aromatic nitrogens is 2. The summed E-state index contributed by atoms with van der Waals surface area (Å²) < 4.78 is 5.77. The lowest BCUT2D eigenvalue weighted by molar-refractivity contribution is -0.133. The maximum absolute atomic E-state index is 12.6. The Bertz CT molecular complexity index is 946. The minimum absolute atomic E-state index is 0.153. The molecule has 1 aliphatic heterocycles. The molecular formula is C23H26N4O2. The fourth-order valence-electron chi connectivity index (χ4n) is 3.65. The van der Waals surface area contributed by atoms with E-state index in [1.165, 1.54) is 5.56 Å². The van der Waals surface area contributed by atoms with Gasteiger partial charge in [0.1, 0.15) is 0 Å². The lowest BCUT2D eigenvalue weighted by Gasteiger charge is -2.34. The van der Waals surface area contributed by atoms with Crippen LogP contribution in [0, 0.1) is 6.92 Å². The van der Waals surface area contributed by atoms with Crippen molar-refractivity contribution in [3.63, 3.8) is 0 Å². The van der Waals surface area contributed by atoms with Crippen molar-refractivity contribution in [3.8, 4) is 11.5 Å². The maximum Gasteiger partial charge on any atom is 0.247 e. The number of amides is 1. The molecule has 0 atom stereocenters. The molecule has 0 radical (unpaired) electrons. The summed E-state index contributed by atoms with van der Waals surface area (Å²) in [5.74, 6) is 1.18. The van der Waals surface area contributed by atoms with Gasteiger partial charge in [0, 0.05) is 51.1 Å². The Morgan fingerprint density at radius 1 is 0.966 bits per heavy atom. The summed E-state index contributed by atoms with van der Waals surface area (Å²) in [6.45, 7) is 6.29. The van der Waals surface area contributed by atoms with Crippen molar-refractivity contribution in [1.29, 1.82) is 0 Å². The van der Waals surface area contributed by atoms with Crippen LogP contribution in [-0.4, -0.2) is 52.1 Å². The summed E-state index contributed by atoms with van der Waals surface area (Å²) in [4.78, 5) is 16.9. The molecule has 2 aromatic carbocycles. The van der Waals surface area contributed by atoms with Gasteiger partial charge in [-0.2, -0.15) is 0 Å². The first-order valence-corrected chi connectivity index (χ1v) is 10.1. The predicted octanol–water partition coefficient (Wildman–Crippen LogP) is 3.32. The molecule has 0 saturated carbocycles. The van der Waals surface area contributed by atoms with Crippen LogP contribution in [0.25, 0.3) is 11.5 Å². The first-order chi connectivity index (χ1) is 14.2. The molecule has 0 aliphatic carbocycles. The van der Waals surface area contributed by atoms with Gasteiger partial charge >= 0.3 is 0 Å². The first kappa shape index (κ1) is 19.3. The maximum atomic E-state index is 12.6. The zero-order valence-corrected chi connectivity index (χ0v) is 16.8. The third-order valence-electron chi connectivity index (χ3n) is 5.37. The van der Waals surface area contributed by atoms with Crippen LogP contribution in [0.5, 0.6) is 0 Å². The van der Waals surface area contributed by atoms with Gasteiger partial charge in [-0.3, -0.25) is 9.69 Å².